The van der Waals surface area contributed by atoms with Gasteiger partial charge in [0.15, 0.2) is 0 Å². The van der Waals surface area contributed by atoms with Crippen molar-refractivity contribution in [2.45, 2.75) is 18.8 Å². The minimum absolute atomic E-state index is 0.00978. The molecule has 0 bridgehead atoms. The molecule has 10 nitrogen and oxygen atoms in total. The SMILES string of the molecule is N#Cc1ccc(N2CCN(C(=O)c3csc(C4CCN(C(=O)N5CCN(c6ccccn6)CC5)CC4)n3)CC2)cc1. The number of rotatable bonds is 4. The molecule has 3 saturated heterocycles. The van der Waals surface area contributed by atoms with Crippen molar-refractivity contribution in [3.05, 3.63) is 70.3 Å². The molecule has 1 aromatic carbocycles. The molecule has 212 valence electrons. The van der Waals surface area contributed by atoms with E-state index in [4.69, 9.17) is 10.2 Å². The zero-order valence-electron chi connectivity index (χ0n) is 23.1. The standard InChI is InChI=1S/C30H34N8O2S/c31-21-23-4-6-25(7-5-23)34-13-17-36(18-14-34)29(39)26-22-41-28(33-26)24-8-11-37(12-9-24)30(40)38-19-15-35(16-20-38)27-3-1-2-10-32-27/h1-7,10,22,24H,8-9,11-20H2. The van der Waals surface area contributed by atoms with Crippen molar-refractivity contribution < 1.29 is 9.59 Å². The van der Waals surface area contributed by atoms with Crippen molar-refractivity contribution in [2.75, 3.05) is 75.2 Å². The van der Waals surface area contributed by atoms with Gasteiger partial charge in [0.1, 0.15) is 11.5 Å². The fourth-order valence-electron chi connectivity index (χ4n) is 5.84. The van der Waals surface area contributed by atoms with E-state index in [0.29, 0.717) is 50.5 Å². The highest BCUT2D eigenvalue weighted by atomic mass is 32.1. The molecule has 0 atom stereocenters. The fraction of sp³-hybridized carbons (Fsp3) is 0.433. The topological polar surface area (TPSA) is 99.9 Å². The molecule has 0 radical (unpaired) electrons. The van der Waals surface area contributed by atoms with E-state index in [2.05, 4.69) is 20.9 Å². The monoisotopic (exact) mass is 570 g/mol. The fourth-order valence-corrected chi connectivity index (χ4v) is 6.80. The molecule has 3 fully saturated rings. The maximum atomic E-state index is 13.2. The molecular weight excluding hydrogens is 536 g/mol. The summed E-state index contributed by atoms with van der Waals surface area (Å²) in [4.78, 5) is 45.9. The largest absolute Gasteiger partial charge is 0.368 e. The third kappa shape index (κ3) is 5.98. The van der Waals surface area contributed by atoms with Crippen molar-refractivity contribution >= 4 is 34.8 Å². The summed E-state index contributed by atoms with van der Waals surface area (Å²) in [5.41, 5.74) is 2.25. The van der Waals surface area contributed by atoms with Gasteiger partial charge in [-0.2, -0.15) is 5.26 Å². The smallest absolute Gasteiger partial charge is 0.320 e. The molecule has 3 aliphatic rings. The number of pyridine rings is 1. The van der Waals surface area contributed by atoms with E-state index >= 15 is 0 Å². The Labute approximate surface area is 244 Å². The number of nitrogens with zero attached hydrogens (tertiary/aromatic N) is 8. The molecule has 6 rings (SSSR count). The van der Waals surface area contributed by atoms with E-state index in [1.807, 2.05) is 62.5 Å². The van der Waals surface area contributed by atoms with Crippen LogP contribution in [0.1, 0.15) is 39.8 Å². The Balaban J connectivity index is 0.964. The first-order chi connectivity index (χ1) is 20.1. The Morgan fingerprint density at radius 2 is 1.46 bits per heavy atom. The predicted molar refractivity (Wildman–Crippen MR) is 158 cm³/mol. The van der Waals surface area contributed by atoms with Crippen LogP contribution in [0.25, 0.3) is 0 Å². The highest BCUT2D eigenvalue weighted by Gasteiger charge is 2.31. The number of aromatic nitrogens is 2. The minimum Gasteiger partial charge on any atom is -0.368 e. The number of urea groups is 1. The number of amides is 3. The Morgan fingerprint density at radius 3 is 2.12 bits per heavy atom. The highest BCUT2D eigenvalue weighted by molar-refractivity contribution is 7.09. The Morgan fingerprint density at radius 1 is 0.805 bits per heavy atom. The molecule has 0 saturated carbocycles. The second kappa shape index (κ2) is 12.1. The highest BCUT2D eigenvalue weighted by Crippen LogP contribution is 2.31. The molecule has 5 heterocycles. The number of thiazole rings is 1. The first kappa shape index (κ1) is 27.0. The molecular formula is C30H34N8O2S. The van der Waals surface area contributed by atoms with Crippen LogP contribution in [0, 0.1) is 11.3 Å². The van der Waals surface area contributed by atoms with Gasteiger partial charge in [0, 0.05) is 88.6 Å². The average molecular weight is 571 g/mol. The summed E-state index contributed by atoms with van der Waals surface area (Å²) in [5, 5.41) is 11.9. The van der Waals surface area contributed by atoms with Crippen molar-refractivity contribution in [1.82, 2.24) is 24.7 Å². The number of anilines is 2. The van der Waals surface area contributed by atoms with Crippen LogP contribution >= 0.6 is 11.3 Å². The number of hydrogen-bond donors (Lipinski definition) is 0. The second-order valence-electron chi connectivity index (χ2n) is 10.7. The van der Waals surface area contributed by atoms with Crippen LogP contribution in [0.2, 0.25) is 0 Å². The number of nitriles is 1. The van der Waals surface area contributed by atoms with Crippen molar-refractivity contribution in [3.8, 4) is 6.07 Å². The number of carbonyl (C=O) groups is 2. The number of benzene rings is 1. The van der Waals surface area contributed by atoms with Gasteiger partial charge in [-0.1, -0.05) is 6.07 Å². The van der Waals surface area contributed by atoms with Gasteiger partial charge >= 0.3 is 6.03 Å². The maximum absolute atomic E-state index is 13.2. The van der Waals surface area contributed by atoms with Gasteiger partial charge < -0.3 is 24.5 Å². The molecule has 3 amide bonds. The summed E-state index contributed by atoms with van der Waals surface area (Å²) in [7, 11) is 0. The van der Waals surface area contributed by atoms with Crippen LogP contribution in [0.3, 0.4) is 0 Å². The van der Waals surface area contributed by atoms with Gasteiger partial charge in [0.25, 0.3) is 5.91 Å². The Kier molecular flexibility index (Phi) is 8.00. The van der Waals surface area contributed by atoms with Crippen LogP contribution in [0.5, 0.6) is 0 Å². The number of piperidine rings is 1. The summed E-state index contributed by atoms with van der Waals surface area (Å²) < 4.78 is 0. The molecule has 0 spiro atoms. The number of hydrogen-bond acceptors (Lipinski definition) is 8. The van der Waals surface area contributed by atoms with Gasteiger partial charge in [-0.15, -0.1) is 11.3 Å². The minimum atomic E-state index is -0.00978. The third-order valence-electron chi connectivity index (χ3n) is 8.31. The van der Waals surface area contributed by atoms with E-state index < -0.39 is 0 Å². The van der Waals surface area contributed by atoms with Gasteiger partial charge in [-0.3, -0.25) is 4.79 Å². The normalized spacial score (nSPS) is 18.4. The summed E-state index contributed by atoms with van der Waals surface area (Å²) >= 11 is 1.56. The van der Waals surface area contributed by atoms with E-state index in [1.54, 1.807) is 17.5 Å². The molecule has 41 heavy (non-hydrogen) atoms. The average Bonchev–Trinajstić information content (AvgIpc) is 3.55. The van der Waals surface area contributed by atoms with E-state index in [-0.39, 0.29) is 17.9 Å². The predicted octanol–water partition coefficient (Wildman–Crippen LogP) is 3.49. The Hall–Kier alpha value is -4.17. The molecule has 3 aromatic rings. The molecule has 0 unspecified atom stereocenters. The lowest BCUT2D eigenvalue weighted by molar-refractivity contribution is 0.0741. The van der Waals surface area contributed by atoms with Gasteiger partial charge in [0.2, 0.25) is 0 Å². The van der Waals surface area contributed by atoms with Gasteiger partial charge in [-0.05, 0) is 49.2 Å². The summed E-state index contributed by atoms with van der Waals surface area (Å²) in [5.74, 6) is 1.23. The van der Waals surface area contributed by atoms with Crippen molar-refractivity contribution in [1.29, 1.82) is 5.26 Å². The molecule has 0 N–H and O–H groups in total. The number of likely N-dealkylation sites (tertiary alicyclic amines) is 1. The molecule has 11 heteroatoms. The van der Waals surface area contributed by atoms with Crippen LogP contribution in [0.4, 0.5) is 16.3 Å². The zero-order valence-corrected chi connectivity index (χ0v) is 23.9. The Bertz CT molecular complexity index is 1380. The summed E-state index contributed by atoms with van der Waals surface area (Å²) in [6.07, 6.45) is 3.54. The van der Waals surface area contributed by atoms with Crippen LogP contribution in [-0.2, 0) is 0 Å². The molecule has 0 aliphatic carbocycles. The number of piperazine rings is 2. The van der Waals surface area contributed by atoms with Crippen LogP contribution < -0.4 is 9.80 Å². The lowest BCUT2D eigenvalue weighted by Crippen LogP contribution is -2.54. The quantitative estimate of drug-likeness (QED) is 0.474. The summed E-state index contributed by atoms with van der Waals surface area (Å²) in [6, 6.07) is 15.8. The zero-order chi connectivity index (χ0) is 28.2. The van der Waals surface area contributed by atoms with E-state index in [0.717, 1.165) is 55.5 Å². The maximum Gasteiger partial charge on any atom is 0.320 e. The van der Waals surface area contributed by atoms with E-state index in [9.17, 15) is 9.59 Å². The lowest BCUT2D eigenvalue weighted by Gasteiger charge is -2.39. The third-order valence-corrected chi connectivity index (χ3v) is 9.31. The first-order valence-corrected chi connectivity index (χ1v) is 15.2. The molecule has 2 aromatic heterocycles. The lowest BCUT2D eigenvalue weighted by atomic mass is 9.98. The first-order valence-electron chi connectivity index (χ1n) is 14.3. The number of carbonyl (C=O) groups excluding carboxylic acids is 2. The van der Waals surface area contributed by atoms with E-state index in [1.165, 1.54) is 0 Å². The second-order valence-corrected chi connectivity index (χ2v) is 11.6. The van der Waals surface area contributed by atoms with Crippen LogP contribution in [0.15, 0.2) is 54.0 Å². The van der Waals surface area contributed by atoms with Gasteiger partial charge in [-0.25, -0.2) is 14.8 Å². The van der Waals surface area contributed by atoms with Crippen molar-refractivity contribution in [2.24, 2.45) is 0 Å². The van der Waals surface area contributed by atoms with Crippen LogP contribution in [-0.4, -0.2) is 102 Å². The van der Waals surface area contributed by atoms with Gasteiger partial charge in [0.05, 0.1) is 16.6 Å². The van der Waals surface area contributed by atoms with Crippen molar-refractivity contribution in [3.63, 3.8) is 0 Å². The molecule has 3 aliphatic heterocycles. The summed E-state index contributed by atoms with van der Waals surface area (Å²) in [6.45, 7) is 7.20.